The summed E-state index contributed by atoms with van der Waals surface area (Å²) >= 11 is 0. The number of nitriles is 1. The minimum Gasteiger partial charge on any atom is -0.390 e. The highest BCUT2D eigenvalue weighted by molar-refractivity contribution is 5.22. The molecule has 0 radical (unpaired) electrons. The second kappa shape index (κ2) is 2.83. The Balaban J connectivity index is 3.02. The molecular weight excluding hydrogens is 164 g/mol. The Morgan fingerprint density at radius 2 is 2.50 bits per heavy atom. The second-order valence-corrected chi connectivity index (χ2v) is 1.84. The van der Waals surface area contributed by atoms with E-state index in [0.717, 1.165) is 4.68 Å². The van der Waals surface area contributed by atoms with Crippen LogP contribution in [0.15, 0.2) is 0 Å². The average molecular weight is 168 g/mol. The number of hydrogen-bond donors (Lipinski definition) is 1. The molecule has 0 saturated carbocycles. The Bertz CT molecular complexity index is 349. The van der Waals surface area contributed by atoms with Gasteiger partial charge in [0, 0.05) is 5.10 Å². The van der Waals surface area contributed by atoms with Crippen LogP contribution in [0, 0.1) is 21.4 Å². The molecule has 62 valence electrons. The zero-order valence-corrected chi connectivity index (χ0v) is 5.84. The molecule has 12 heavy (non-hydrogen) atoms. The van der Waals surface area contributed by atoms with E-state index in [9.17, 15) is 10.1 Å². The maximum Gasteiger partial charge on any atom is 0.493 e. The highest BCUT2D eigenvalue weighted by Gasteiger charge is 2.18. The fraction of sp³-hybridized carbons (Fsp3) is 0.250. The fourth-order valence-electron chi connectivity index (χ4n) is 0.602. The summed E-state index contributed by atoms with van der Waals surface area (Å²) in [5, 5.41) is 21.7. The lowest BCUT2D eigenvalue weighted by Gasteiger charge is -1.84. The topological polar surface area (TPSA) is 124 Å². The van der Waals surface area contributed by atoms with E-state index in [4.69, 9.17) is 11.0 Å². The summed E-state index contributed by atoms with van der Waals surface area (Å²) in [6.07, 6.45) is 0. The molecule has 0 fully saturated rings. The molecule has 1 heterocycles. The monoisotopic (exact) mass is 168 g/mol. The highest BCUT2D eigenvalue weighted by Crippen LogP contribution is 2.06. The van der Waals surface area contributed by atoms with E-state index in [1.807, 2.05) is 0 Å². The molecule has 0 atom stereocenters. The van der Waals surface area contributed by atoms with Crippen LogP contribution in [-0.4, -0.2) is 19.7 Å². The molecule has 2 N–H and O–H groups in total. The molecule has 8 nitrogen and oxygen atoms in total. The summed E-state index contributed by atoms with van der Waals surface area (Å²) in [5.41, 5.74) is 5.20. The van der Waals surface area contributed by atoms with Crippen molar-refractivity contribution >= 4 is 11.9 Å². The molecule has 0 aliphatic carbocycles. The third kappa shape index (κ3) is 1.29. The fourth-order valence-corrected chi connectivity index (χ4v) is 0.602. The molecule has 1 rings (SSSR count). The Morgan fingerprint density at radius 3 is 2.92 bits per heavy atom. The first-order valence-electron chi connectivity index (χ1n) is 2.87. The molecule has 0 aliphatic heterocycles. The normalized spacial score (nSPS) is 9.25. The summed E-state index contributed by atoms with van der Waals surface area (Å²) in [7, 11) is 0. The number of nitrogens with zero attached hydrogens (tertiary/aromatic N) is 5. The van der Waals surface area contributed by atoms with E-state index in [1.165, 1.54) is 0 Å². The van der Waals surface area contributed by atoms with Gasteiger partial charge < -0.3 is 15.8 Å². The molecule has 0 spiro atoms. The minimum absolute atomic E-state index is 0.136. The molecule has 0 unspecified atom stereocenters. The Morgan fingerprint density at radius 1 is 1.83 bits per heavy atom. The van der Waals surface area contributed by atoms with Crippen molar-refractivity contribution in [1.29, 1.82) is 5.26 Å². The van der Waals surface area contributed by atoms with Crippen LogP contribution in [0.5, 0.6) is 0 Å². The largest absolute Gasteiger partial charge is 0.493 e. The van der Waals surface area contributed by atoms with Gasteiger partial charge in [0.25, 0.3) is 0 Å². The maximum absolute atomic E-state index is 10.1. The summed E-state index contributed by atoms with van der Waals surface area (Å²) in [6.45, 7) is -0.146. The molecule has 8 heteroatoms. The predicted molar refractivity (Wildman–Crippen MR) is 36.7 cm³/mol. The first-order valence-corrected chi connectivity index (χ1v) is 2.87. The summed E-state index contributed by atoms with van der Waals surface area (Å²) < 4.78 is 0.956. The van der Waals surface area contributed by atoms with Gasteiger partial charge in [-0.3, -0.25) is 0 Å². The van der Waals surface area contributed by atoms with E-state index < -0.39 is 10.9 Å². The van der Waals surface area contributed by atoms with Crippen LogP contribution in [0.25, 0.3) is 0 Å². The number of nitrogen functional groups attached to an aromatic ring is 1. The van der Waals surface area contributed by atoms with Crippen molar-refractivity contribution in [3.05, 3.63) is 10.1 Å². The van der Waals surface area contributed by atoms with Gasteiger partial charge in [0.15, 0.2) is 0 Å². The lowest BCUT2D eigenvalue weighted by atomic mass is 10.7. The first kappa shape index (κ1) is 7.93. The molecule has 0 amide bonds. The van der Waals surface area contributed by atoms with E-state index >= 15 is 0 Å². The van der Waals surface area contributed by atoms with E-state index in [0.29, 0.717) is 0 Å². The van der Waals surface area contributed by atoms with Gasteiger partial charge in [-0.2, -0.15) is 5.26 Å². The van der Waals surface area contributed by atoms with Crippen LogP contribution < -0.4 is 5.73 Å². The van der Waals surface area contributed by atoms with E-state index in [-0.39, 0.29) is 12.5 Å². The van der Waals surface area contributed by atoms with Crippen LogP contribution in [-0.2, 0) is 6.54 Å². The van der Waals surface area contributed by atoms with Crippen LogP contribution in [0.2, 0.25) is 0 Å². The number of aromatic nitrogens is 3. The van der Waals surface area contributed by atoms with Crippen molar-refractivity contribution < 1.29 is 4.92 Å². The Labute approximate surface area is 66.4 Å². The molecule has 0 aromatic carbocycles. The zero-order chi connectivity index (χ0) is 9.14. The van der Waals surface area contributed by atoms with Crippen molar-refractivity contribution in [2.24, 2.45) is 0 Å². The zero-order valence-electron chi connectivity index (χ0n) is 5.84. The van der Waals surface area contributed by atoms with Gasteiger partial charge in [-0.05, 0) is 9.91 Å². The number of nitrogens with two attached hydrogens (primary N) is 1. The number of hydrogen-bond acceptors (Lipinski definition) is 6. The van der Waals surface area contributed by atoms with Crippen LogP contribution in [0.3, 0.4) is 0 Å². The predicted octanol–water partition coefficient (Wildman–Crippen LogP) is -0.708. The van der Waals surface area contributed by atoms with Crippen molar-refractivity contribution in [2.45, 2.75) is 6.54 Å². The molecule has 1 aromatic rings. The van der Waals surface area contributed by atoms with Crippen LogP contribution in [0.4, 0.5) is 11.9 Å². The second-order valence-electron chi connectivity index (χ2n) is 1.84. The number of rotatable bonds is 2. The third-order valence-corrected chi connectivity index (χ3v) is 1.07. The number of nitro groups is 1. The number of anilines is 1. The highest BCUT2D eigenvalue weighted by atomic mass is 16.6. The smallest absolute Gasteiger partial charge is 0.390 e. The van der Waals surface area contributed by atoms with Gasteiger partial charge in [-0.15, -0.1) is 4.68 Å². The molecule has 0 aliphatic rings. The molecule has 1 aromatic heterocycles. The lowest BCUT2D eigenvalue weighted by molar-refractivity contribution is -0.394. The summed E-state index contributed by atoms with van der Waals surface area (Å²) in [4.78, 5) is 12.6. The Hall–Kier alpha value is -2.17. The van der Waals surface area contributed by atoms with Gasteiger partial charge in [0.05, 0.1) is 6.07 Å². The summed E-state index contributed by atoms with van der Waals surface area (Å²) in [6, 6.07) is 1.73. The molecular formula is C4H4N6O2. The average Bonchev–Trinajstić information content (AvgIpc) is 2.34. The standard InChI is InChI=1S/C4H4N6O2/c5-1-2-9-3(6)7-4(8-9)10(11)12/h2H2,(H2,6,7,8). The van der Waals surface area contributed by atoms with Crippen molar-refractivity contribution in [3.8, 4) is 6.07 Å². The minimum atomic E-state index is -0.774. The third-order valence-electron chi connectivity index (χ3n) is 1.07. The van der Waals surface area contributed by atoms with E-state index in [1.54, 1.807) is 6.07 Å². The first-order chi connectivity index (χ1) is 5.65. The van der Waals surface area contributed by atoms with Crippen LogP contribution in [0.1, 0.15) is 0 Å². The SMILES string of the molecule is N#CCn1nc([N+](=O)[O-])nc1N. The van der Waals surface area contributed by atoms with Gasteiger partial charge in [0.2, 0.25) is 0 Å². The van der Waals surface area contributed by atoms with Crippen molar-refractivity contribution in [2.75, 3.05) is 5.73 Å². The van der Waals surface area contributed by atoms with Gasteiger partial charge >= 0.3 is 11.9 Å². The maximum atomic E-state index is 10.1. The van der Waals surface area contributed by atoms with Gasteiger partial charge in [-0.1, -0.05) is 0 Å². The van der Waals surface area contributed by atoms with Gasteiger partial charge in [-0.25, -0.2) is 0 Å². The lowest BCUT2D eigenvalue weighted by Crippen LogP contribution is -2.03. The Kier molecular flexibility index (Phi) is 1.87. The quantitative estimate of drug-likeness (QED) is 0.459. The van der Waals surface area contributed by atoms with Crippen LogP contribution >= 0.6 is 0 Å². The van der Waals surface area contributed by atoms with Crippen molar-refractivity contribution in [1.82, 2.24) is 14.8 Å². The summed E-state index contributed by atoms with van der Waals surface area (Å²) in [5.74, 6) is -0.731. The molecule has 0 bridgehead atoms. The van der Waals surface area contributed by atoms with Crippen molar-refractivity contribution in [3.63, 3.8) is 0 Å². The van der Waals surface area contributed by atoms with E-state index in [2.05, 4.69) is 10.1 Å². The molecule has 0 saturated heterocycles. The van der Waals surface area contributed by atoms with Gasteiger partial charge in [0.1, 0.15) is 6.54 Å².